The number of hydrogen-bond donors (Lipinski definition) is 2. The predicted octanol–water partition coefficient (Wildman–Crippen LogP) is 5.55. The lowest BCUT2D eigenvalue weighted by molar-refractivity contribution is 0.262. The van der Waals surface area contributed by atoms with Crippen LogP contribution in [0.5, 0.6) is 0 Å². The molecule has 2 amide bonds. The number of halogens is 3. The van der Waals surface area contributed by atoms with E-state index in [0.29, 0.717) is 5.69 Å². The number of benzene rings is 2. The van der Waals surface area contributed by atoms with Gasteiger partial charge in [-0.3, -0.25) is 4.98 Å². The van der Waals surface area contributed by atoms with Crippen molar-refractivity contribution < 1.29 is 4.79 Å². The fraction of sp³-hybridized carbons (Fsp3) is 0.111. The number of aromatic nitrogens is 1. The molecule has 0 saturated heterocycles. The van der Waals surface area contributed by atoms with Gasteiger partial charge in [-0.05, 0) is 46.3 Å². The van der Waals surface area contributed by atoms with Gasteiger partial charge in [-0.1, -0.05) is 18.2 Å². The SMILES string of the molecule is CN(C)c1ccc(NC(=O)Nc2ccnc3ccccc23)cc1Br.Cl.Cl. The van der Waals surface area contributed by atoms with Crippen molar-refractivity contribution in [2.24, 2.45) is 0 Å². The first-order valence-corrected chi connectivity index (χ1v) is 8.22. The summed E-state index contributed by atoms with van der Waals surface area (Å²) in [5.74, 6) is 0. The van der Waals surface area contributed by atoms with E-state index in [1.54, 1.807) is 12.3 Å². The monoisotopic (exact) mass is 456 g/mol. The van der Waals surface area contributed by atoms with E-state index >= 15 is 0 Å². The van der Waals surface area contributed by atoms with Crippen molar-refractivity contribution in [2.45, 2.75) is 0 Å². The van der Waals surface area contributed by atoms with Crippen LogP contribution in [0.25, 0.3) is 10.9 Å². The van der Waals surface area contributed by atoms with E-state index in [1.807, 2.05) is 61.5 Å². The largest absolute Gasteiger partial charge is 0.377 e. The highest BCUT2D eigenvalue weighted by Gasteiger charge is 2.08. The van der Waals surface area contributed by atoms with Crippen LogP contribution >= 0.6 is 40.7 Å². The molecule has 0 fully saturated rings. The lowest BCUT2D eigenvalue weighted by Crippen LogP contribution is -2.19. The Labute approximate surface area is 173 Å². The second-order valence-electron chi connectivity index (χ2n) is 5.52. The van der Waals surface area contributed by atoms with E-state index < -0.39 is 0 Å². The molecule has 0 aliphatic carbocycles. The molecule has 0 bridgehead atoms. The summed E-state index contributed by atoms with van der Waals surface area (Å²) in [6.07, 6.45) is 1.68. The number of pyridine rings is 1. The van der Waals surface area contributed by atoms with Gasteiger partial charge in [0.15, 0.2) is 0 Å². The molecule has 0 radical (unpaired) electrons. The average molecular weight is 458 g/mol. The third-order valence-electron chi connectivity index (χ3n) is 3.58. The molecule has 1 heterocycles. The molecule has 3 aromatic rings. The maximum absolute atomic E-state index is 12.3. The normalized spacial score (nSPS) is 9.65. The van der Waals surface area contributed by atoms with Gasteiger partial charge in [-0.15, -0.1) is 24.8 Å². The van der Waals surface area contributed by atoms with E-state index in [1.165, 1.54) is 0 Å². The highest BCUT2D eigenvalue weighted by molar-refractivity contribution is 9.10. The van der Waals surface area contributed by atoms with Crippen LogP contribution in [0.2, 0.25) is 0 Å². The summed E-state index contributed by atoms with van der Waals surface area (Å²) in [4.78, 5) is 18.6. The van der Waals surface area contributed by atoms with Crippen LogP contribution in [0.15, 0.2) is 59.2 Å². The van der Waals surface area contributed by atoms with Crippen LogP contribution in [-0.4, -0.2) is 25.1 Å². The molecule has 3 rings (SSSR count). The van der Waals surface area contributed by atoms with Crippen LogP contribution in [0, 0.1) is 0 Å². The molecule has 0 aliphatic rings. The van der Waals surface area contributed by atoms with Crippen molar-refractivity contribution in [2.75, 3.05) is 29.6 Å². The fourth-order valence-electron chi connectivity index (χ4n) is 2.44. The van der Waals surface area contributed by atoms with Crippen LogP contribution in [0.4, 0.5) is 21.9 Å². The summed E-state index contributed by atoms with van der Waals surface area (Å²) in [7, 11) is 3.93. The van der Waals surface area contributed by atoms with Crippen LogP contribution in [0.1, 0.15) is 0 Å². The van der Waals surface area contributed by atoms with Crippen molar-refractivity contribution in [1.29, 1.82) is 0 Å². The van der Waals surface area contributed by atoms with Crippen LogP contribution < -0.4 is 15.5 Å². The fourth-order valence-corrected chi connectivity index (χ4v) is 3.17. The standard InChI is InChI=1S/C18H17BrN4O.2ClH/c1-23(2)17-8-7-12(11-14(17)19)21-18(24)22-16-9-10-20-15-6-4-3-5-13(15)16;;/h3-11H,1-2H3,(H2,20,21,22,24);2*1H. The highest BCUT2D eigenvalue weighted by Crippen LogP contribution is 2.28. The first-order valence-electron chi connectivity index (χ1n) is 7.43. The molecule has 1 aromatic heterocycles. The van der Waals surface area contributed by atoms with E-state index in [2.05, 4.69) is 31.5 Å². The lowest BCUT2D eigenvalue weighted by atomic mass is 10.2. The van der Waals surface area contributed by atoms with E-state index in [-0.39, 0.29) is 30.8 Å². The number of rotatable bonds is 3. The van der Waals surface area contributed by atoms with Crippen molar-refractivity contribution in [3.8, 4) is 0 Å². The van der Waals surface area contributed by atoms with Gasteiger partial charge < -0.3 is 15.5 Å². The maximum Gasteiger partial charge on any atom is 0.323 e. The molecule has 0 aliphatic heterocycles. The predicted molar refractivity (Wildman–Crippen MR) is 117 cm³/mol. The Kier molecular flexibility index (Phi) is 8.14. The molecule has 26 heavy (non-hydrogen) atoms. The lowest BCUT2D eigenvalue weighted by Gasteiger charge is -2.16. The molecule has 8 heteroatoms. The summed E-state index contributed by atoms with van der Waals surface area (Å²) >= 11 is 3.52. The van der Waals surface area contributed by atoms with Gasteiger partial charge in [0.2, 0.25) is 0 Å². The number of anilines is 3. The van der Waals surface area contributed by atoms with Gasteiger partial charge in [0, 0.05) is 35.8 Å². The molecule has 0 unspecified atom stereocenters. The zero-order chi connectivity index (χ0) is 17.1. The van der Waals surface area contributed by atoms with Gasteiger partial charge in [-0.2, -0.15) is 0 Å². The van der Waals surface area contributed by atoms with Gasteiger partial charge in [-0.25, -0.2) is 4.79 Å². The quantitative estimate of drug-likeness (QED) is 0.541. The van der Waals surface area contributed by atoms with Gasteiger partial charge in [0.25, 0.3) is 0 Å². The summed E-state index contributed by atoms with van der Waals surface area (Å²) in [5, 5.41) is 6.62. The Hall–Kier alpha value is -2.02. The molecule has 2 aromatic carbocycles. The number of nitrogens with one attached hydrogen (secondary N) is 2. The molecular formula is C18H19BrCl2N4O. The highest BCUT2D eigenvalue weighted by atomic mass is 79.9. The van der Waals surface area contributed by atoms with Crippen molar-refractivity contribution in [3.05, 3.63) is 59.2 Å². The minimum atomic E-state index is -0.296. The van der Waals surface area contributed by atoms with Crippen molar-refractivity contribution in [3.63, 3.8) is 0 Å². The maximum atomic E-state index is 12.3. The average Bonchev–Trinajstić information content (AvgIpc) is 2.55. The van der Waals surface area contributed by atoms with Crippen LogP contribution in [0.3, 0.4) is 0 Å². The Morgan fingerprint density at radius 2 is 1.77 bits per heavy atom. The minimum absolute atomic E-state index is 0. The first kappa shape index (κ1) is 22.0. The van der Waals surface area contributed by atoms with E-state index in [9.17, 15) is 4.79 Å². The van der Waals surface area contributed by atoms with E-state index in [4.69, 9.17) is 0 Å². The molecule has 0 saturated carbocycles. The molecular weight excluding hydrogens is 439 g/mol. The van der Waals surface area contributed by atoms with Gasteiger partial charge in [0.1, 0.15) is 0 Å². The van der Waals surface area contributed by atoms with Crippen molar-refractivity contribution >= 4 is 74.7 Å². The molecule has 0 atom stereocenters. The second-order valence-corrected chi connectivity index (χ2v) is 6.37. The van der Waals surface area contributed by atoms with Gasteiger partial charge in [0.05, 0.1) is 16.9 Å². The third-order valence-corrected chi connectivity index (χ3v) is 4.22. The topological polar surface area (TPSA) is 57.3 Å². The Bertz CT molecular complexity index is 900. The first-order chi connectivity index (χ1) is 11.5. The summed E-state index contributed by atoms with van der Waals surface area (Å²) in [6.45, 7) is 0. The number of para-hydroxylation sites is 1. The third kappa shape index (κ3) is 5.00. The summed E-state index contributed by atoms with van der Waals surface area (Å²) < 4.78 is 0.916. The number of nitrogens with zero attached hydrogens (tertiary/aromatic N) is 2. The number of amides is 2. The van der Waals surface area contributed by atoms with Gasteiger partial charge >= 0.3 is 6.03 Å². The van der Waals surface area contributed by atoms with Crippen LogP contribution in [-0.2, 0) is 0 Å². The number of fused-ring (bicyclic) bond motifs is 1. The Morgan fingerprint density at radius 1 is 1.04 bits per heavy atom. The molecule has 0 spiro atoms. The zero-order valence-electron chi connectivity index (χ0n) is 14.2. The second kappa shape index (κ2) is 9.62. The summed E-state index contributed by atoms with van der Waals surface area (Å²) in [6, 6.07) is 14.9. The number of carbonyl (C=O) groups excluding carboxylic acids is 1. The number of urea groups is 1. The number of hydrogen-bond acceptors (Lipinski definition) is 3. The summed E-state index contributed by atoms with van der Waals surface area (Å²) in [5.41, 5.74) is 3.32. The zero-order valence-corrected chi connectivity index (χ0v) is 17.4. The Balaban J connectivity index is 0.00000169. The minimum Gasteiger partial charge on any atom is -0.377 e. The molecule has 2 N–H and O–H groups in total. The van der Waals surface area contributed by atoms with E-state index in [0.717, 1.165) is 26.8 Å². The molecule has 5 nitrogen and oxygen atoms in total. The Morgan fingerprint density at radius 3 is 2.46 bits per heavy atom. The smallest absolute Gasteiger partial charge is 0.323 e. The number of carbonyl (C=O) groups is 1. The molecule has 138 valence electrons. The van der Waals surface area contributed by atoms with Crippen molar-refractivity contribution in [1.82, 2.24) is 4.98 Å².